The molecule has 0 aliphatic heterocycles. The molecule has 1 aliphatic carbocycles. The number of imidazole rings is 1. The lowest BCUT2D eigenvalue weighted by Crippen LogP contribution is -2.41. The molecule has 1 saturated carbocycles. The molecule has 124 valence electrons. The summed E-state index contributed by atoms with van der Waals surface area (Å²) in [5.41, 5.74) is 3.08. The van der Waals surface area contributed by atoms with Gasteiger partial charge in [0.25, 0.3) is 0 Å². The lowest BCUT2D eigenvalue weighted by Gasteiger charge is -2.22. The van der Waals surface area contributed by atoms with E-state index < -0.39 is 0 Å². The third kappa shape index (κ3) is 3.82. The van der Waals surface area contributed by atoms with Crippen molar-refractivity contribution in [3.63, 3.8) is 0 Å². The highest BCUT2D eigenvalue weighted by Gasteiger charge is 2.32. The minimum Gasteiger partial charge on any atom is -0.396 e. The first-order chi connectivity index (χ1) is 11.2. The molecule has 1 aromatic heterocycles. The fourth-order valence-corrected chi connectivity index (χ4v) is 2.80. The first kappa shape index (κ1) is 15.8. The van der Waals surface area contributed by atoms with Gasteiger partial charge in [0.2, 0.25) is 0 Å². The van der Waals surface area contributed by atoms with Crippen LogP contribution >= 0.6 is 0 Å². The first-order valence-electron chi connectivity index (χ1n) is 8.28. The smallest absolute Gasteiger partial charge is 0.318 e. The van der Waals surface area contributed by atoms with Gasteiger partial charge in [0.15, 0.2) is 0 Å². The second-order valence-corrected chi connectivity index (χ2v) is 6.17. The quantitative estimate of drug-likeness (QED) is 0.686. The molecule has 6 heteroatoms. The number of aliphatic hydroxyl groups excluding tert-OH is 1. The van der Waals surface area contributed by atoms with Crippen LogP contribution in [0.5, 0.6) is 0 Å². The molecule has 0 radical (unpaired) electrons. The van der Waals surface area contributed by atoms with E-state index in [0.717, 1.165) is 48.1 Å². The number of para-hydroxylation sites is 1. The number of nitrogens with one attached hydrogen (secondary N) is 2. The van der Waals surface area contributed by atoms with Gasteiger partial charge in [-0.3, -0.25) is 0 Å². The molecule has 0 saturated heterocycles. The number of rotatable bonds is 7. The van der Waals surface area contributed by atoms with E-state index in [4.69, 9.17) is 5.11 Å². The lowest BCUT2D eigenvalue weighted by atomic mass is 10.2. The molecule has 1 aliphatic rings. The number of hydrogen-bond donors (Lipinski definition) is 3. The number of aromatic amines is 1. The number of aliphatic hydroxyl groups is 1. The van der Waals surface area contributed by atoms with E-state index in [0.29, 0.717) is 19.1 Å². The van der Waals surface area contributed by atoms with Crippen molar-refractivity contribution < 1.29 is 9.90 Å². The molecular weight excluding hydrogens is 292 g/mol. The molecule has 1 fully saturated rings. The number of carbonyl (C=O) groups is 1. The third-order valence-corrected chi connectivity index (χ3v) is 4.23. The number of hydrogen-bond acceptors (Lipinski definition) is 3. The third-order valence-electron chi connectivity index (χ3n) is 4.23. The van der Waals surface area contributed by atoms with Crippen molar-refractivity contribution in [3.05, 3.63) is 29.6 Å². The Morgan fingerprint density at radius 1 is 1.43 bits per heavy atom. The van der Waals surface area contributed by atoms with Crippen LogP contribution in [0, 0.1) is 6.92 Å². The summed E-state index contributed by atoms with van der Waals surface area (Å²) in [4.78, 5) is 22.1. The van der Waals surface area contributed by atoms with Crippen LogP contribution in [0.2, 0.25) is 0 Å². The number of nitrogens with zero attached hydrogens (tertiary/aromatic N) is 2. The van der Waals surface area contributed by atoms with Gasteiger partial charge in [-0.2, -0.15) is 0 Å². The van der Waals surface area contributed by atoms with Gasteiger partial charge in [0.1, 0.15) is 5.82 Å². The molecule has 0 bridgehead atoms. The number of carbonyl (C=O) groups excluding carboxylic acids is 1. The summed E-state index contributed by atoms with van der Waals surface area (Å²) in [6, 6.07) is 6.34. The monoisotopic (exact) mass is 316 g/mol. The molecule has 0 unspecified atom stereocenters. The van der Waals surface area contributed by atoms with Crippen molar-refractivity contribution in [2.45, 2.75) is 45.2 Å². The summed E-state index contributed by atoms with van der Waals surface area (Å²) >= 11 is 0. The molecule has 1 heterocycles. The van der Waals surface area contributed by atoms with Crippen molar-refractivity contribution >= 4 is 17.1 Å². The number of H-pyrrole nitrogens is 1. The Morgan fingerprint density at radius 3 is 2.96 bits per heavy atom. The van der Waals surface area contributed by atoms with E-state index in [2.05, 4.69) is 15.3 Å². The number of aryl methyl sites for hydroxylation is 1. The van der Waals surface area contributed by atoms with Crippen LogP contribution < -0.4 is 5.32 Å². The second kappa shape index (κ2) is 7.00. The van der Waals surface area contributed by atoms with Crippen molar-refractivity contribution in [3.8, 4) is 0 Å². The van der Waals surface area contributed by atoms with Gasteiger partial charge in [-0.25, -0.2) is 9.78 Å². The Kier molecular flexibility index (Phi) is 4.81. The van der Waals surface area contributed by atoms with Crippen molar-refractivity contribution in [2.24, 2.45) is 0 Å². The van der Waals surface area contributed by atoms with Crippen LogP contribution in [0.1, 0.15) is 37.1 Å². The van der Waals surface area contributed by atoms with Crippen molar-refractivity contribution in [2.75, 3.05) is 13.2 Å². The molecule has 2 amide bonds. The van der Waals surface area contributed by atoms with Gasteiger partial charge in [0.05, 0.1) is 17.6 Å². The fourth-order valence-electron chi connectivity index (χ4n) is 2.80. The maximum Gasteiger partial charge on any atom is 0.318 e. The van der Waals surface area contributed by atoms with E-state index >= 15 is 0 Å². The summed E-state index contributed by atoms with van der Waals surface area (Å²) in [5.74, 6) is 0.772. The zero-order chi connectivity index (χ0) is 16.2. The topological polar surface area (TPSA) is 81.2 Å². The summed E-state index contributed by atoms with van der Waals surface area (Å²) in [5, 5.41) is 11.8. The highest BCUT2D eigenvalue weighted by molar-refractivity contribution is 5.79. The zero-order valence-corrected chi connectivity index (χ0v) is 13.5. The Morgan fingerprint density at radius 2 is 2.26 bits per heavy atom. The molecule has 1 aromatic carbocycles. The molecule has 0 atom stereocenters. The maximum atomic E-state index is 12.4. The average Bonchev–Trinajstić information content (AvgIpc) is 3.28. The number of amides is 2. The second-order valence-electron chi connectivity index (χ2n) is 6.17. The summed E-state index contributed by atoms with van der Waals surface area (Å²) in [6.07, 6.45) is 3.73. The number of benzene rings is 1. The van der Waals surface area contributed by atoms with Gasteiger partial charge in [-0.05, 0) is 44.2 Å². The normalized spacial score (nSPS) is 14.2. The largest absolute Gasteiger partial charge is 0.396 e. The van der Waals surface area contributed by atoms with Gasteiger partial charge in [-0.15, -0.1) is 0 Å². The fraction of sp³-hybridized carbons (Fsp3) is 0.529. The first-order valence-corrected chi connectivity index (χ1v) is 8.28. The van der Waals surface area contributed by atoms with Crippen LogP contribution in [0.25, 0.3) is 11.0 Å². The standard InChI is InChI=1S/C17H24N4O2/c1-12-5-4-6-14-16(12)20-15(19-14)11-18-17(23)21(13-7-8-13)9-2-3-10-22/h4-6,13,22H,2-3,7-11H2,1H3,(H,18,23)(H,19,20). The molecule has 3 rings (SSSR count). The SMILES string of the molecule is Cc1cccc2[nH]c(CNC(=O)N(CCCCO)C3CC3)nc12. The zero-order valence-electron chi connectivity index (χ0n) is 13.5. The predicted molar refractivity (Wildman–Crippen MR) is 89.1 cm³/mol. The van der Waals surface area contributed by atoms with Crippen LogP contribution in [-0.4, -0.2) is 45.2 Å². The molecule has 2 aromatic rings. The highest BCUT2D eigenvalue weighted by atomic mass is 16.3. The average molecular weight is 316 g/mol. The maximum absolute atomic E-state index is 12.4. The van der Waals surface area contributed by atoms with Gasteiger partial charge in [-0.1, -0.05) is 12.1 Å². The summed E-state index contributed by atoms with van der Waals surface area (Å²) in [6.45, 7) is 3.31. The predicted octanol–water partition coefficient (Wildman–Crippen LogP) is 2.32. The Hall–Kier alpha value is -2.08. The number of aromatic nitrogens is 2. The minimum atomic E-state index is -0.0392. The van der Waals surface area contributed by atoms with E-state index in [9.17, 15) is 4.79 Å². The Balaban J connectivity index is 1.59. The van der Waals surface area contributed by atoms with E-state index in [1.165, 1.54) is 0 Å². The number of urea groups is 1. The molecule has 6 nitrogen and oxygen atoms in total. The van der Waals surface area contributed by atoms with Crippen LogP contribution in [0.15, 0.2) is 18.2 Å². The van der Waals surface area contributed by atoms with Gasteiger partial charge < -0.3 is 20.3 Å². The van der Waals surface area contributed by atoms with Crippen LogP contribution in [0.3, 0.4) is 0 Å². The van der Waals surface area contributed by atoms with Crippen LogP contribution in [0.4, 0.5) is 4.79 Å². The molecule has 0 spiro atoms. The molecule has 3 N–H and O–H groups in total. The minimum absolute atomic E-state index is 0.0392. The van der Waals surface area contributed by atoms with Crippen molar-refractivity contribution in [1.82, 2.24) is 20.2 Å². The van der Waals surface area contributed by atoms with Gasteiger partial charge >= 0.3 is 6.03 Å². The Labute approximate surface area is 135 Å². The summed E-state index contributed by atoms with van der Waals surface area (Å²) < 4.78 is 0. The van der Waals surface area contributed by atoms with Gasteiger partial charge in [0, 0.05) is 19.2 Å². The highest BCUT2D eigenvalue weighted by Crippen LogP contribution is 2.27. The number of fused-ring (bicyclic) bond motifs is 1. The van der Waals surface area contributed by atoms with E-state index in [-0.39, 0.29) is 12.6 Å². The lowest BCUT2D eigenvalue weighted by molar-refractivity contribution is 0.190. The van der Waals surface area contributed by atoms with Crippen molar-refractivity contribution in [1.29, 1.82) is 0 Å². The van der Waals surface area contributed by atoms with E-state index in [1.54, 1.807) is 0 Å². The van der Waals surface area contributed by atoms with E-state index in [1.807, 2.05) is 30.0 Å². The number of unbranched alkanes of at least 4 members (excludes halogenated alkanes) is 1. The molecule has 23 heavy (non-hydrogen) atoms. The van der Waals surface area contributed by atoms with Crippen LogP contribution in [-0.2, 0) is 6.54 Å². The molecular formula is C17H24N4O2. The summed E-state index contributed by atoms with van der Waals surface area (Å²) in [7, 11) is 0. The Bertz CT molecular complexity index is 678.